The van der Waals surface area contributed by atoms with Crippen LogP contribution in [0.15, 0.2) is 58.9 Å². The number of para-hydroxylation sites is 1. The predicted molar refractivity (Wildman–Crippen MR) is 125 cm³/mol. The molecule has 0 saturated carbocycles. The van der Waals surface area contributed by atoms with Crippen molar-refractivity contribution >= 4 is 35.1 Å². The van der Waals surface area contributed by atoms with E-state index in [0.29, 0.717) is 12.2 Å². The summed E-state index contributed by atoms with van der Waals surface area (Å²) in [5.74, 6) is -0.708. The van der Waals surface area contributed by atoms with E-state index < -0.39 is 24.5 Å². The molecule has 1 amide bonds. The van der Waals surface area contributed by atoms with E-state index in [2.05, 4.69) is 25.2 Å². The number of esters is 1. The molecular formula is C24H28N2O5S. The summed E-state index contributed by atoms with van der Waals surface area (Å²) in [4.78, 5) is 39.5. The number of nitrogens with one attached hydrogen (secondary N) is 1. The molecule has 3 rings (SSSR count). The van der Waals surface area contributed by atoms with E-state index in [-0.39, 0.29) is 17.0 Å². The summed E-state index contributed by atoms with van der Waals surface area (Å²) in [6, 6.07) is 10.2. The Morgan fingerprint density at radius 2 is 1.97 bits per heavy atom. The van der Waals surface area contributed by atoms with Crippen molar-refractivity contribution in [1.29, 1.82) is 0 Å². The highest BCUT2D eigenvalue weighted by Crippen LogP contribution is 2.46. The number of furan rings is 1. The molecule has 0 radical (unpaired) electrons. The van der Waals surface area contributed by atoms with Gasteiger partial charge in [-0.2, -0.15) is 11.8 Å². The van der Waals surface area contributed by atoms with Crippen molar-refractivity contribution in [2.45, 2.75) is 31.7 Å². The Morgan fingerprint density at radius 1 is 1.22 bits per heavy atom. The molecule has 0 saturated heterocycles. The minimum Gasteiger partial charge on any atom is -0.459 e. The number of carbonyl (C=O) groups is 3. The van der Waals surface area contributed by atoms with E-state index in [1.165, 1.54) is 18.4 Å². The Hall–Kier alpha value is -3.00. The molecule has 1 aliphatic heterocycles. The Balaban J connectivity index is 1.64. The van der Waals surface area contributed by atoms with Crippen molar-refractivity contribution in [3.63, 3.8) is 0 Å². The molecule has 1 N–H and O–H groups in total. The number of anilines is 1. The predicted octanol–water partition coefficient (Wildman–Crippen LogP) is 3.55. The molecule has 0 spiro atoms. The van der Waals surface area contributed by atoms with E-state index >= 15 is 0 Å². The summed E-state index contributed by atoms with van der Waals surface area (Å²) in [7, 11) is 1.92. The number of thioether (sulfide) groups is 1. The zero-order valence-corrected chi connectivity index (χ0v) is 19.5. The van der Waals surface area contributed by atoms with E-state index in [1.807, 2.05) is 36.4 Å². The monoisotopic (exact) mass is 456 g/mol. The highest BCUT2D eigenvalue weighted by atomic mass is 32.2. The molecule has 0 fully saturated rings. The van der Waals surface area contributed by atoms with Crippen molar-refractivity contribution in [1.82, 2.24) is 5.32 Å². The number of allylic oxidation sites excluding steroid dienone is 1. The van der Waals surface area contributed by atoms with Gasteiger partial charge >= 0.3 is 5.97 Å². The number of carbonyl (C=O) groups excluding carboxylic acids is 3. The van der Waals surface area contributed by atoms with Crippen LogP contribution in [0.2, 0.25) is 0 Å². The van der Waals surface area contributed by atoms with Crippen LogP contribution in [0.25, 0.3) is 0 Å². The van der Waals surface area contributed by atoms with Gasteiger partial charge in [-0.25, -0.2) is 4.79 Å². The standard InChI is InChI=1S/C24H28N2O5S/c1-24(2)17-8-5-6-9-19(17)26(3)21(24)14-16(27)15-31-23(29)18(11-13-32-4)25-22(28)20-10-7-12-30-20/h5-10,12,14,18H,11,13,15H2,1-4H3,(H,25,28)/b21-14+/t18-/m0/s1. The van der Waals surface area contributed by atoms with Crippen LogP contribution >= 0.6 is 11.8 Å². The molecule has 1 aromatic carbocycles. The fourth-order valence-electron chi connectivity index (χ4n) is 3.82. The van der Waals surface area contributed by atoms with Crippen LogP contribution in [0.3, 0.4) is 0 Å². The molecule has 8 heteroatoms. The first-order chi connectivity index (χ1) is 15.3. The number of hydrogen-bond donors (Lipinski definition) is 1. The quantitative estimate of drug-likeness (QED) is 0.456. The van der Waals surface area contributed by atoms with Gasteiger partial charge in [-0.05, 0) is 42.2 Å². The second-order valence-corrected chi connectivity index (χ2v) is 9.08. The van der Waals surface area contributed by atoms with Crippen molar-refractivity contribution in [2.24, 2.45) is 0 Å². The molecule has 7 nitrogen and oxygen atoms in total. The number of fused-ring (bicyclic) bond motifs is 1. The third-order valence-corrected chi connectivity index (χ3v) is 6.18. The smallest absolute Gasteiger partial charge is 0.329 e. The number of ketones is 1. The second-order valence-electron chi connectivity index (χ2n) is 8.09. The van der Waals surface area contributed by atoms with Gasteiger partial charge in [-0.1, -0.05) is 32.0 Å². The minimum absolute atomic E-state index is 0.110. The highest BCUT2D eigenvalue weighted by Gasteiger charge is 2.38. The van der Waals surface area contributed by atoms with Crippen molar-refractivity contribution < 1.29 is 23.5 Å². The van der Waals surface area contributed by atoms with Crippen LogP contribution in [0.4, 0.5) is 5.69 Å². The molecule has 0 bridgehead atoms. The lowest BCUT2D eigenvalue weighted by atomic mass is 9.83. The number of nitrogens with zero attached hydrogens (tertiary/aromatic N) is 1. The van der Waals surface area contributed by atoms with Crippen LogP contribution in [-0.2, 0) is 19.7 Å². The number of hydrogen-bond acceptors (Lipinski definition) is 7. The molecule has 2 aromatic rings. The Morgan fingerprint density at radius 3 is 2.62 bits per heavy atom. The third kappa shape index (κ3) is 5.07. The molecule has 1 aliphatic rings. The average Bonchev–Trinajstić information content (AvgIpc) is 3.38. The summed E-state index contributed by atoms with van der Waals surface area (Å²) in [6.07, 6.45) is 5.21. The van der Waals surface area contributed by atoms with Gasteiger partial charge in [0.05, 0.1) is 6.26 Å². The maximum absolute atomic E-state index is 12.6. The fourth-order valence-corrected chi connectivity index (χ4v) is 4.29. The first-order valence-electron chi connectivity index (χ1n) is 10.3. The average molecular weight is 457 g/mol. The van der Waals surface area contributed by atoms with Gasteiger partial charge in [-0.3, -0.25) is 9.59 Å². The Kier molecular flexibility index (Phi) is 7.45. The van der Waals surface area contributed by atoms with Crippen molar-refractivity contribution in [2.75, 3.05) is 30.6 Å². The lowest BCUT2D eigenvalue weighted by Crippen LogP contribution is -2.42. The zero-order chi connectivity index (χ0) is 23.3. The van der Waals surface area contributed by atoms with E-state index in [0.717, 1.165) is 16.9 Å². The largest absolute Gasteiger partial charge is 0.459 e. The zero-order valence-electron chi connectivity index (χ0n) is 18.7. The summed E-state index contributed by atoms with van der Waals surface area (Å²) < 4.78 is 10.3. The van der Waals surface area contributed by atoms with Crippen molar-refractivity contribution in [3.05, 3.63) is 65.8 Å². The van der Waals surface area contributed by atoms with Gasteiger partial charge in [0, 0.05) is 29.9 Å². The number of benzene rings is 1. The van der Waals surface area contributed by atoms with Gasteiger partial charge in [0.25, 0.3) is 5.91 Å². The van der Waals surface area contributed by atoms with E-state index in [9.17, 15) is 14.4 Å². The number of rotatable bonds is 9. The fraction of sp³-hybridized carbons (Fsp3) is 0.375. The van der Waals surface area contributed by atoms with Gasteiger partial charge in [0.15, 0.2) is 18.2 Å². The number of amides is 1. The number of likely N-dealkylation sites (N-methyl/N-ethyl adjacent to an activating group) is 1. The SMILES string of the molecule is CSCC[C@H](NC(=O)c1ccco1)C(=O)OCC(=O)/C=C1/N(C)c2ccccc2C1(C)C. The molecule has 1 atom stereocenters. The summed E-state index contributed by atoms with van der Waals surface area (Å²) in [5, 5.41) is 2.63. The van der Waals surface area contributed by atoms with Gasteiger partial charge in [0.2, 0.25) is 0 Å². The van der Waals surface area contributed by atoms with E-state index in [1.54, 1.807) is 17.8 Å². The lowest BCUT2D eigenvalue weighted by molar-refractivity contribution is -0.149. The first-order valence-corrected chi connectivity index (χ1v) is 11.7. The molecule has 32 heavy (non-hydrogen) atoms. The highest BCUT2D eigenvalue weighted by molar-refractivity contribution is 7.98. The maximum Gasteiger partial charge on any atom is 0.329 e. The van der Waals surface area contributed by atoms with Crippen LogP contribution in [0.5, 0.6) is 0 Å². The van der Waals surface area contributed by atoms with Crippen LogP contribution in [0, 0.1) is 0 Å². The molecular weight excluding hydrogens is 428 g/mol. The Labute approximate surface area is 192 Å². The molecule has 2 heterocycles. The van der Waals surface area contributed by atoms with Crippen LogP contribution in [-0.4, -0.2) is 49.4 Å². The summed E-state index contributed by atoms with van der Waals surface area (Å²) in [6.45, 7) is 3.72. The number of ether oxygens (including phenoxy) is 1. The molecule has 1 aromatic heterocycles. The minimum atomic E-state index is -0.865. The molecule has 170 valence electrons. The summed E-state index contributed by atoms with van der Waals surface area (Å²) >= 11 is 1.55. The van der Waals surface area contributed by atoms with Gasteiger partial charge < -0.3 is 19.4 Å². The maximum atomic E-state index is 12.6. The molecule has 0 aliphatic carbocycles. The Bertz CT molecular complexity index is 1010. The second kappa shape index (κ2) is 10.1. The lowest BCUT2D eigenvalue weighted by Gasteiger charge is -2.24. The summed E-state index contributed by atoms with van der Waals surface area (Å²) in [5.41, 5.74) is 2.68. The normalized spacial score (nSPS) is 16.5. The van der Waals surface area contributed by atoms with Gasteiger partial charge in [0.1, 0.15) is 6.04 Å². The first kappa shape index (κ1) is 23.7. The third-order valence-electron chi connectivity index (χ3n) is 5.54. The topological polar surface area (TPSA) is 88.9 Å². The van der Waals surface area contributed by atoms with Crippen LogP contribution < -0.4 is 10.2 Å². The van der Waals surface area contributed by atoms with E-state index in [4.69, 9.17) is 9.15 Å². The van der Waals surface area contributed by atoms with Gasteiger partial charge in [-0.15, -0.1) is 0 Å². The molecule has 0 unspecified atom stereocenters. The van der Waals surface area contributed by atoms with Crippen molar-refractivity contribution in [3.8, 4) is 0 Å². The van der Waals surface area contributed by atoms with Crippen LogP contribution in [0.1, 0.15) is 36.4 Å².